The minimum atomic E-state index is -0.553. The van der Waals surface area contributed by atoms with E-state index in [0.717, 1.165) is 19.6 Å². The van der Waals surface area contributed by atoms with Gasteiger partial charge in [0.2, 0.25) is 5.43 Å². The molecule has 3 aromatic rings. The van der Waals surface area contributed by atoms with Crippen LogP contribution >= 0.6 is 0 Å². The van der Waals surface area contributed by atoms with E-state index in [1.54, 1.807) is 16.7 Å². The zero-order chi connectivity index (χ0) is 22.0. The summed E-state index contributed by atoms with van der Waals surface area (Å²) in [6.07, 6.45) is 3.85. The summed E-state index contributed by atoms with van der Waals surface area (Å²) in [5.41, 5.74) is 0.594. The Balaban J connectivity index is 0.00000112. The average molecular weight is 423 g/mol. The van der Waals surface area contributed by atoms with Crippen molar-refractivity contribution in [1.29, 1.82) is 0 Å². The summed E-state index contributed by atoms with van der Waals surface area (Å²) in [5, 5.41) is 3.10. The number of likely N-dealkylation sites (tertiary alicyclic amines) is 1. The van der Waals surface area contributed by atoms with E-state index in [2.05, 4.69) is 10.2 Å². The van der Waals surface area contributed by atoms with E-state index >= 15 is 0 Å². The first-order chi connectivity index (χ1) is 15.1. The third-order valence-corrected chi connectivity index (χ3v) is 5.57. The number of aromatic nitrogens is 1. The van der Waals surface area contributed by atoms with Crippen LogP contribution in [0.4, 0.5) is 4.39 Å². The number of hydrogen-bond donors (Lipinski definition) is 1. The maximum atomic E-state index is 14.4. The van der Waals surface area contributed by atoms with Gasteiger partial charge in [-0.05, 0) is 50.2 Å². The van der Waals surface area contributed by atoms with Gasteiger partial charge in [-0.1, -0.05) is 26.0 Å². The molecule has 2 aromatic carbocycles. The predicted molar refractivity (Wildman–Crippen MR) is 119 cm³/mol. The maximum Gasteiger partial charge on any atom is 0.256 e. The lowest BCUT2D eigenvalue weighted by Gasteiger charge is -2.24. The maximum absolute atomic E-state index is 14.4. The van der Waals surface area contributed by atoms with Crippen molar-refractivity contribution in [3.05, 3.63) is 64.2 Å². The van der Waals surface area contributed by atoms with Gasteiger partial charge in [-0.3, -0.25) is 9.59 Å². The van der Waals surface area contributed by atoms with Gasteiger partial charge in [0.25, 0.3) is 5.91 Å². The normalized spacial score (nSPS) is 14.4. The van der Waals surface area contributed by atoms with Crippen molar-refractivity contribution < 1.29 is 13.9 Å². The smallest absolute Gasteiger partial charge is 0.256 e. The molecule has 2 aliphatic heterocycles. The molecule has 1 aromatic heterocycles. The summed E-state index contributed by atoms with van der Waals surface area (Å²) >= 11 is 0. The molecule has 2 aliphatic rings. The first kappa shape index (κ1) is 21.1. The van der Waals surface area contributed by atoms with Gasteiger partial charge < -0.3 is 19.5 Å². The SMILES string of the molecule is CC.O=C(NCCN1CCCC1)c1cn2c3c(c(F)ccc3c1=O)Oc1ccccc1-2. The summed E-state index contributed by atoms with van der Waals surface area (Å²) in [7, 11) is 0. The molecule has 0 aliphatic carbocycles. The van der Waals surface area contributed by atoms with Gasteiger partial charge in [-0.15, -0.1) is 0 Å². The van der Waals surface area contributed by atoms with Crippen molar-refractivity contribution in [2.45, 2.75) is 26.7 Å². The molecular weight excluding hydrogens is 397 g/mol. The average Bonchev–Trinajstić information content (AvgIpc) is 3.32. The molecule has 0 bridgehead atoms. The number of halogens is 1. The standard InChI is InChI=1S/C22H20FN3O3.C2H6/c23-16-8-7-14-19-21(16)29-18-6-2-1-5-17(18)26(19)13-15(20(14)27)22(28)24-9-12-25-10-3-4-11-25;1-2/h1-2,5-8,13H,3-4,9-12H2,(H,24,28);1-2H3. The lowest BCUT2D eigenvalue weighted by Crippen LogP contribution is -2.36. The number of fused-ring (bicyclic) bond motifs is 2. The number of carbonyl (C=O) groups excluding carboxylic acids is 1. The largest absolute Gasteiger partial charge is 0.450 e. The predicted octanol–water partition coefficient (Wildman–Crippen LogP) is 4.09. The van der Waals surface area contributed by atoms with Crippen LogP contribution in [-0.4, -0.2) is 41.6 Å². The molecule has 1 N–H and O–H groups in total. The van der Waals surface area contributed by atoms with Crippen molar-refractivity contribution in [3.63, 3.8) is 0 Å². The third kappa shape index (κ3) is 3.81. The van der Waals surface area contributed by atoms with E-state index in [1.165, 1.54) is 31.2 Å². The molecule has 31 heavy (non-hydrogen) atoms. The number of amides is 1. The summed E-state index contributed by atoms with van der Waals surface area (Å²) in [4.78, 5) is 28.1. The molecule has 7 heteroatoms. The number of hydrogen-bond acceptors (Lipinski definition) is 4. The Morgan fingerprint density at radius 3 is 2.65 bits per heavy atom. The van der Waals surface area contributed by atoms with Crippen LogP contribution < -0.4 is 15.5 Å². The zero-order valence-corrected chi connectivity index (χ0v) is 17.8. The molecule has 0 atom stereocenters. The Kier molecular flexibility index (Phi) is 6.04. The van der Waals surface area contributed by atoms with Crippen molar-refractivity contribution in [1.82, 2.24) is 14.8 Å². The van der Waals surface area contributed by atoms with E-state index in [1.807, 2.05) is 26.0 Å². The Bertz CT molecular complexity index is 1180. The fourth-order valence-corrected chi connectivity index (χ4v) is 4.10. The van der Waals surface area contributed by atoms with E-state index in [-0.39, 0.29) is 16.7 Å². The number of pyridine rings is 1. The van der Waals surface area contributed by atoms with Gasteiger partial charge in [-0.25, -0.2) is 4.39 Å². The second-order valence-corrected chi connectivity index (χ2v) is 7.39. The highest BCUT2D eigenvalue weighted by molar-refractivity contribution is 5.99. The highest BCUT2D eigenvalue weighted by atomic mass is 19.1. The lowest BCUT2D eigenvalue weighted by molar-refractivity contribution is 0.0948. The van der Waals surface area contributed by atoms with E-state index < -0.39 is 17.2 Å². The number of nitrogens with zero attached hydrogens (tertiary/aromatic N) is 2. The van der Waals surface area contributed by atoms with Gasteiger partial charge in [0, 0.05) is 19.3 Å². The van der Waals surface area contributed by atoms with Gasteiger partial charge in [0.05, 0.1) is 11.1 Å². The van der Waals surface area contributed by atoms with Crippen molar-refractivity contribution in [3.8, 4) is 17.2 Å². The quantitative estimate of drug-likeness (QED) is 0.537. The van der Waals surface area contributed by atoms with Crippen molar-refractivity contribution in [2.75, 3.05) is 26.2 Å². The van der Waals surface area contributed by atoms with Gasteiger partial charge in [0.15, 0.2) is 17.3 Å². The summed E-state index contributed by atoms with van der Waals surface area (Å²) in [6.45, 7) is 7.33. The summed E-state index contributed by atoms with van der Waals surface area (Å²) in [5.74, 6) is -0.507. The molecule has 1 fully saturated rings. The third-order valence-electron chi connectivity index (χ3n) is 5.57. The Morgan fingerprint density at radius 1 is 1.13 bits per heavy atom. The first-order valence-corrected chi connectivity index (χ1v) is 10.8. The molecule has 5 rings (SSSR count). The summed E-state index contributed by atoms with van der Waals surface area (Å²) < 4.78 is 21.8. The fraction of sp³-hybridized carbons (Fsp3) is 0.333. The van der Waals surface area contributed by atoms with E-state index in [4.69, 9.17) is 4.74 Å². The molecular formula is C24H26FN3O3. The molecule has 0 saturated carbocycles. The molecule has 6 nitrogen and oxygen atoms in total. The van der Waals surface area contributed by atoms with Crippen molar-refractivity contribution >= 4 is 16.8 Å². The van der Waals surface area contributed by atoms with Crippen LogP contribution in [0.15, 0.2) is 47.4 Å². The minimum absolute atomic E-state index is 0.000656. The van der Waals surface area contributed by atoms with E-state index in [0.29, 0.717) is 23.5 Å². The topological polar surface area (TPSA) is 63.6 Å². The molecule has 0 unspecified atom stereocenters. The molecule has 0 radical (unpaired) electrons. The Labute approximate surface area is 180 Å². The second-order valence-electron chi connectivity index (χ2n) is 7.39. The number of nitrogens with one attached hydrogen (secondary N) is 1. The molecule has 162 valence electrons. The molecule has 1 saturated heterocycles. The van der Waals surface area contributed by atoms with Crippen molar-refractivity contribution in [2.24, 2.45) is 0 Å². The van der Waals surface area contributed by atoms with Crippen LogP contribution in [0.1, 0.15) is 37.0 Å². The minimum Gasteiger partial charge on any atom is -0.450 e. The van der Waals surface area contributed by atoms with Crippen LogP contribution in [0.3, 0.4) is 0 Å². The second kappa shape index (κ2) is 8.89. The number of ether oxygens (including phenoxy) is 1. The van der Waals surface area contributed by atoms with Crippen LogP contribution in [0.25, 0.3) is 16.6 Å². The first-order valence-electron chi connectivity index (χ1n) is 10.8. The van der Waals surface area contributed by atoms with Gasteiger partial charge in [-0.2, -0.15) is 0 Å². The highest BCUT2D eigenvalue weighted by Crippen LogP contribution is 2.40. The molecule has 1 amide bonds. The number of rotatable bonds is 4. The number of carbonyl (C=O) groups is 1. The summed E-state index contributed by atoms with van der Waals surface area (Å²) in [6, 6.07) is 9.76. The van der Waals surface area contributed by atoms with Gasteiger partial charge >= 0.3 is 0 Å². The zero-order valence-electron chi connectivity index (χ0n) is 17.8. The monoisotopic (exact) mass is 423 g/mol. The Morgan fingerprint density at radius 2 is 1.87 bits per heavy atom. The van der Waals surface area contributed by atoms with Crippen LogP contribution in [0, 0.1) is 5.82 Å². The lowest BCUT2D eigenvalue weighted by atomic mass is 10.1. The number of benzene rings is 2. The van der Waals surface area contributed by atoms with Crippen LogP contribution in [-0.2, 0) is 0 Å². The van der Waals surface area contributed by atoms with Gasteiger partial charge in [0.1, 0.15) is 11.1 Å². The van der Waals surface area contributed by atoms with Crippen LogP contribution in [0.5, 0.6) is 11.5 Å². The fourth-order valence-electron chi connectivity index (χ4n) is 4.10. The highest BCUT2D eigenvalue weighted by Gasteiger charge is 2.26. The Hall–Kier alpha value is -3.19. The molecule has 0 spiro atoms. The number of para-hydroxylation sites is 2. The van der Waals surface area contributed by atoms with Crippen LogP contribution in [0.2, 0.25) is 0 Å². The van der Waals surface area contributed by atoms with E-state index in [9.17, 15) is 14.0 Å². The molecule has 3 heterocycles.